The predicted octanol–water partition coefficient (Wildman–Crippen LogP) is -0.284. The lowest BCUT2D eigenvalue weighted by Gasteiger charge is -2.15. The van der Waals surface area contributed by atoms with E-state index in [0.717, 1.165) is 18.8 Å². The molecular formula is C9H18N4O. The highest BCUT2D eigenvalue weighted by Crippen LogP contribution is 1.94. The zero-order chi connectivity index (χ0) is 10.6. The van der Waals surface area contributed by atoms with Gasteiger partial charge in [0.2, 0.25) is 0 Å². The SMILES string of the molecule is CC(O)C(C)NCCc1nncn1C. The lowest BCUT2D eigenvalue weighted by atomic mass is 10.2. The largest absolute Gasteiger partial charge is 0.392 e. The first-order valence-corrected chi connectivity index (χ1v) is 4.85. The zero-order valence-corrected chi connectivity index (χ0v) is 8.94. The Bertz CT molecular complexity index is 272. The van der Waals surface area contributed by atoms with Crippen LogP contribution in [0, 0.1) is 0 Å². The molecule has 2 N–H and O–H groups in total. The zero-order valence-electron chi connectivity index (χ0n) is 8.94. The van der Waals surface area contributed by atoms with Crippen LogP contribution in [0.25, 0.3) is 0 Å². The molecule has 0 amide bonds. The summed E-state index contributed by atoms with van der Waals surface area (Å²) < 4.78 is 1.90. The van der Waals surface area contributed by atoms with Crippen LogP contribution in [0.4, 0.5) is 0 Å². The molecule has 2 atom stereocenters. The number of aliphatic hydroxyl groups is 1. The van der Waals surface area contributed by atoms with Crippen LogP contribution in [-0.2, 0) is 13.5 Å². The standard InChI is InChI=1S/C9H18N4O/c1-7(8(2)14)10-5-4-9-12-11-6-13(9)3/h6-8,10,14H,4-5H2,1-3H3. The highest BCUT2D eigenvalue weighted by atomic mass is 16.3. The third-order valence-corrected chi connectivity index (χ3v) is 2.34. The minimum absolute atomic E-state index is 0.114. The molecule has 0 spiro atoms. The average Bonchev–Trinajstić information content (AvgIpc) is 2.51. The number of hydrogen-bond acceptors (Lipinski definition) is 4. The number of hydrogen-bond donors (Lipinski definition) is 2. The van der Waals surface area contributed by atoms with Crippen LogP contribution in [0.3, 0.4) is 0 Å². The Hall–Kier alpha value is -0.940. The number of aliphatic hydroxyl groups excluding tert-OH is 1. The fourth-order valence-electron chi connectivity index (χ4n) is 1.12. The molecular weight excluding hydrogens is 180 g/mol. The minimum Gasteiger partial charge on any atom is -0.392 e. The van der Waals surface area contributed by atoms with Gasteiger partial charge in [0, 0.05) is 26.1 Å². The van der Waals surface area contributed by atoms with Crippen molar-refractivity contribution in [2.75, 3.05) is 6.54 Å². The van der Waals surface area contributed by atoms with E-state index in [0.29, 0.717) is 0 Å². The van der Waals surface area contributed by atoms with Gasteiger partial charge in [0.15, 0.2) is 0 Å². The molecule has 2 unspecified atom stereocenters. The molecule has 1 heterocycles. The maximum Gasteiger partial charge on any atom is 0.133 e. The Morgan fingerprint density at radius 1 is 1.57 bits per heavy atom. The lowest BCUT2D eigenvalue weighted by molar-refractivity contribution is 0.153. The molecule has 5 heteroatoms. The van der Waals surface area contributed by atoms with Gasteiger partial charge >= 0.3 is 0 Å². The molecule has 0 aromatic carbocycles. The first-order chi connectivity index (χ1) is 6.61. The minimum atomic E-state index is -0.325. The summed E-state index contributed by atoms with van der Waals surface area (Å²) in [6.45, 7) is 4.54. The van der Waals surface area contributed by atoms with E-state index >= 15 is 0 Å². The van der Waals surface area contributed by atoms with Crippen LogP contribution in [0.1, 0.15) is 19.7 Å². The van der Waals surface area contributed by atoms with Gasteiger partial charge in [-0.2, -0.15) is 0 Å². The van der Waals surface area contributed by atoms with E-state index in [9.17, 15) is 5.11 Å². The number of aryl methyl sites for hydroxylation is 1. The van der Waals surface area contributed by atoms with E-state index in [4.69, 9.17) is 0 Å². The average molecular weight is 198 g/mol. The first kappa shape index (κ1) is 11.1. The fourth-order valence-corrected chi connectivity index (χ4v) is 1.12. The second kappa shape index (κ2) is 5.07. The topological polar surface area (TPSA) is 63.0 Å². The van der Waals surface area contributed by atoms with E-state index in [1.165, 1.54) is 0 Å². The Labute approximate surface area is 84.2 Å². The number of nitrogens with one attached hydrogen (secondary N) is 1. The maximum absolute atomic E-state index is 9.24. The second-order valence-corrected chi connectivity index (χ2v) is 3.59. The van der Waals surface area contributed by atoms with Crippen molar-refractivity contribution in [2.45, 2.75) is 32.4 Å². The Kier molecular flexibility index (Phi) is 4.03. The van der Waals surface area contributed by atoms with E-state index in [1.54, 1.807) is 13.3 Å². The molecule has 0 bridgehead atoms. The molecule has 1 aromatic heterocycles. The Balaban J connectivity index is 2.25. The second-order valence-electron chi connectivity index (χ2n) is 3.59. The van der Waals surface area contributed by atoms with Crippen molar-refractivity contribution in [2.24, 2.45) is 7.05 Å². The highest BCUT2D eigenvalue weighted by Gasteiger charge is 2.07. The smallest absolute Gasteiger partial charge is 0.133 e. The molecule has 0 saturated heterocycles. The lowest BCUT2D eigenvalue weighted by Crippen LogP contribution is -2.36. The van der Waals surface area contributed by atoms with Crippen molar-refractivity contribution in [1.29, 1.82) is 0 Å². The van der Waals surface area contributed by atoms with Crippen molar-refractivity contribution < 1.29 is 5.11 Å². The van der Waals surface area contributed by atoms with Crippen LogP contribution in [0.15, 0.2) is 6.33 Å². The number of rotatable bonds is 5. The van der Waals surface area contributed by atoms with Crippen LogP contribution in [-0.4, -0.2) is 38.6 Å². The molecule has 14 heavy (non-hydrogen) atoms. The van der Waals surface area contributed by atoms with Crippen molar-refractivity contribution in [3.05, 3.63) is 12.2 Å². The molecule has 0 radical (unpaired) electrons. The van der Waals surface area contributed by atoms with Gasteiger partial charge in [-0.3, -0.25) is 0 Å². The van der Waals surface area contributed by atoms with Crippen molar-refractivity contribution in [3.63, 3.8) is 0 Å². The highest BCUT2D eigenvalue weighted by molar-refractivity contribution is 4.85. The maximum atomic E-state index is 9.24. The molecule has 0 fully saturated rings. The molecule has 80 valence electrons. The fraction of sp³-hybridized carbons (Fsp3) is 0.778. The summed E-state index contributed by atoms with van der Waals surface area (Å²) in [4.78, 5) is 0. The summed E-state index contributed by atoms with van der Waals surface area (Å²) in [5.41, 5.74) is 0. The normalized spacial score (nSPS) is 15.4. The van der Waals surface area contributed by atoms with Gasteiger partial charge in [-0.15, -0.1) is 10.2 Å². The summed E-state index contributed by atoms with van der Waals surface area (Å²) in [6, 6.07) is 0.114. The van der Waals surface area contributed by atoms with Gasteiger partial charge < -0.3 is 15.0 Å². The van der Waals surface area contributed by atoms with Crippen molar-refractivity contribution in [1.82, 2.24) is 20.1 Å². The molecule has 0 aliphatic rings. The number of nitrogens with zero attached hydrogens (tertiary/aromatic N) is 3. The van der Waals surface area contributed by atoms with E-state index in [1.807, 2.05) is 18.5 Å². The van der Waals surface area contributed by atoms with Gasteiger partial charge in [0.1, 0.15) is 12.2 Å². The quantitative estimate of drug-likeness (QED) is 0.683. The third-order valence-electron chi connectivity index (χ3n) is 2.34. The molecule has 0 aliphatic heterocycles. The van der Waals surface area contributed by atoms with E-state index < -0.39 is 0 Å². The molecule has 0 aliphatic carbocycles. The summed E-state index contributed by atoms with van der Waals surface area (Å²) in [5, 5.41) is 20.2. The Morgan fingerprint density at radius 2 is 2.29 bits per heavy atom. The van der Waals surface area contributed by atoms with Crippen LogP contribution in [0.2, 0.25) is 0 Å². The van der Waals surface area contributed by atoms with Crippen LogP contribution < -0.4 is 5.32 Å². The number of aromatic nitrogens is 3. The summed E-state index contributed by atoms with van der Waals surface area (Å²) in [7, 11) is 1.92. The van der Waals surface area contributed by atoms with Gasteiger partial charge in [0.05, 0.1) is 6.10 Å². The summed E-state index contributed by atoms with van der Waals surface area (Å²) >= 11 is 0. The first-order valence-electron chi connectivity index (χ1n) is 4.85. The van der Waals surface area contributed by atoms with Gasteiger partial charge in [-0.1, -0.05) is 0 Å². The summed E-state index contributed by atoms with van der Waals surface area (Å²) in [6.07, 6.45) is 2.19. The van der Waals surface area contributed by atoms with E-state index in [-0.39, 0.29) is 12.1 Å². The molecule has 1 rings (SSSR count). The van der Waals surface area contributed by atoms with Gasteiger partial charge in [0.25, 0.3) is 0 Å². The van der Waals surface area contributed by atoms with Gasteiger partial charge in [-0.25, -0.2) is 0 Å². The monoisotopic (exact) mass is 198 g/mol. The van der Waals surface area contributed by atoms with Gasteiger partial charge in [-0.05, 0) is 13.8 Å². The summed E-state index contributed by atoms with van der Waals surface area (Å²) in [5.74, 6) is 0.954. The third kappa shape index (κ3) is 3.08. The van der Waals surface area contributed by atoms with E-state index in [2.05, 4.69) is 15.5 Å². The molecule has 0 saturated carbocycles. The molecule has 5 nitrogen and oxygen atoms in total. The van der Waals surface area contributed by atoms with Crippen molar-refractivity contribution in [3.8, 4) is 0 Å². The predicted molar refractivity (Wildman–Crippen MR) is 53.9 cm³/mol. The Morgan fingerprint density at radius 3 is 2.79 bits per heavy atom. The van der Waals surface area contributed by atoms with Crippen molar-refractivity contribution >= 4 is 0 Å². The van der Waals surface area contributed by atoms with Crippen LogP contribution >= 0.6 is 0 Å². The van der Waals surface area contributed by atoms with Crippen LogP contribution in [0.5, 0.6) is 0 Å². The molecule has 1 aromatic rings.